The molecule has 88 valence electrons. The first-order valence-electron chi connectivity index (χ1n) is 5.63. The second-order valence-corrected chi connectivity index (χ2v) is 4.24. The van der Waals surface area contributed by atoms with Crippen LogP contribution in [0.1, 0.15) is 12.8 Å². The molecule has 1 fully saturated rings. The van der Waals surface area contributed by atoms with E-state index in [9.17, 15) is 0 Å². The van der Waals surface area contributed by atoms with Crippen LogP contribution < -0.4 is 16.4 Å². The molecule has 0 atom stereocenters. The minimum Gasteiger partial charge on any atom is -0.397 e. The van der Waals surface area contributed by atoms with Gasteiger partial charge >= 0.3 is 0 Å². The molecule has 1 aliphatic rings. The van der Waals surface area contributed by atoms with E-state index in [4.69, 9.17) is 16.2 Å². The van der Waals surface area contributed by atoms with Crippen LogP contribution in [-0.4, -0.2) is 26.3 Å². The molecule has 4 N–H and O–H groups in total. The summed E-state index contributed by atoms with van der Waals surface area (Å²) in [7, 11) is 1.78. The van der Waals surface area contributed by atoms with Crippen molar-refractivity contribution in [1.82, 2.24) is 0 Å². The molecule has 4 nitrogen and oxygen atoms in total. The Labute approximate surface area is 96.2 Å². The molecule has 0 radical (unpaired) electrons. The van der Waals surface area contributed by atoms with Crippen molar-refractivity contribution in [2.75, 3.05) is 36.6 Å². The van der Waals surface area contributed by atoms with Gasteiger partial charge in [-0.05, 0) is 31.0 Å². The van der Waals surface area contributed by atoms with Gasteiger partial charge in [-0.3, -0.25) is 0 Å². The first-order chi connectivity index (χ1) is 7.70. The fourth-order valence-corrected chi connectivity index (χ4v) is 2.11. The van der Waals surface area contributed by atoms with Crippen LogP contribution >= 0.6 is 0 Å². The third kappa shape index (κ3) is 2.22. The van der Waals surface area contributed by atoms with Crippen molar-refractivity contribution < 1.29 is 4.74 Å². The number of piperidine rings is 1. The summed E-state index contributed by atoms with van der Waals surface area (Å²) < 4.78 is 5.35. The first kappa shape index (κ1) is 11.1. The van der Waals surface area contributed by atoms with Gasteiger partial charge in [0.15, 0.2) is 0 Å². The number of methoxy groups -OCH3 is 1. The zero-order valence-corrected chi connectivity index (χ0v) is 9.65. The summed E-state index contributed by atoms with van der Waals surface area (Å²) >= 11 is 0. The molecule has 4 heteroatoms. The highest BCUT2D eigenvalue weighted by Gasteiger charge is 2.18. The highest BCUT2D eigenvalue weighted by molar-refractivity contribution is 5.69. The van der Waals surface area contributed by atoms with Gasteiger partial charge in [0, 0.05) is 25.9 Å². The first-order valence-corrected chi connectivity index (χ1v) is 5.63. The molecule has 16 heavy (non-hydrogen) atoms. The molecule has 1 aliphatic heterocycles. The Morgan fingerprint density at radius 3 is 2.44 bits per heavy atom. The number of anilines is 3. The van der Waals surface area contributed by atoms with Crippen LogP contribution in [0.25, 0.3) is 0 Å². The summed E-state index contributed by atoms with van der Waals surface area (Å²) in [5.41, 5.74) is 14.0. The van der Waals surface area contributed by atoms with Gasteiger partial charge in [0.1, 0.15) is 0 Å². The monoisotopic (exact) mass is 221 g/mol. The lowest BCUT2D eigenvalue weighted by atomic mass is 10.1. The number of nitrogens with two attached hydrogens (primary N) is 2. The topological polar surface area (TPSA) is 64.5 Å². The highest BCUT2D eigenvalue weighted by atomic mass is 16.5. The molecule has 0 spiro atoms. The van der Waals surface area contributed by atoms with Crippen molar-refractivity contribution >= 4 is 17.1 Å². The van der Waals surface area contributed by atoms with E-state index >= 15 is 0 Å². The molecule has 0 aliphatic carbocycles. The maximum atomic E-state index is 5.80. The Balaban J connectivity index is 2.05. The summed E-state index contributed by atoms with van der Waals surface area (Å²) in [5, 5.41) is 0. The average molecular weight is 221 g/mol. The molecule has 1 saturated heterocycles. The fourth-order valence-electron chi connectivity index (χ4n) is 2.11. The molecule has 0 unspecified atom stereocenters. The summed E-state index contributed by atoms with van der Waals surface area (Å²) in [5.74, 6) is 0. The normalized spacial score (nSPS) is 17.7. The van der Waals surface area contributed by atoms with Crippen LogP contribution in [-0.2, 0) is 4.74 Å². The number of nitrogen functional groups attached to an aromatic ring is 2. The van der Waals surface area contributed by atoms with Crippen molar-refractivity contribution in [2.24, 2.45) is 0 Å². The van der Waals surface area contributed by atoms with E-state index in [2.05, 4.69) is 4.90 Å². The van der Waals surface area contributed by atoms with Gasteiger partial charge < -0.3 is 21.1 Å². The van der Waals surface area contributed by atoms with Gasteiger partial charge in [-0.25, -0.2) is 0 Å². The maximum absolute atomic E-state index is 5.80. The van der Waals surface area contributed by atoms with Crippen LogP contribution in [0.15, 0.2) is 18.2 Å². The number of ether oxygens (including phenoxy) is 1. The Morgan fingerprint density at radius 1 is 1.19 bits per heavy atom. The van der Waals surface area contributed by atoms with Crippen LogP contribution in [0.5, 0.6) is 0 Å². The SMILES string of the molecule is COC1CCN(c2ccc(N)c(N)c2)CC1. The number of nitrogens with zero attached hydrogens (tertiary/aromatic N) is 1. The Morgan fingerprint density at radius 2 is 1.88 bits per heavy atom. The van der Waals surface area contributed by atoms with Gasteiger partial charge in [-0.15, -0.1) is 0 Å². The fraction of sp³-hybridized carbons (Fsp3) is 0.500. The summed E-state index contributed by atoms with van der Waals surface area (Å²) in [6.45, 7) is 2.03. The van der Waals surface area contributed by atoms with Gasteiger partial charge in [-0.1, -0.05) is 0 Å². The Bertz CT molecular complexity index is 359. The second kappa shape index (κ2) is 4.61. The van der Waals surface area contributed by atoms with Crippen molar-refractivity contribution in [1.29, 1.82) is 0 Å². The van der Waals surface area contributed by atoms with Crippen LogP contribution in [0.3, 0.4) is 0 Å². The van der Waals surface area contributed by atoms with E-state index in [0.29, 0.717) is 17.5 Å². The van der Waals surface area contributed by atoms with E-state index in [-0.39, 0.29) is 0 Å². The lowest BCUT2D eigenvalue weighted by molar-refractivity contribution is 0.0819. The van der Waals surface area contributed by atoms with Crippen molar-refractivity contribution in [3.8, 4) is 0 Å². The summed E-state index contributed by atoms with van der Waals surface area (Å²) in [4.78, 5) is 2.32. The van der Waals surface area contributed by atoms with Crippen LogP contribution in [0, 0.1) is 0 Å². The van der Waals surface area contributed by atoms with E-state index < -0.39 is 0 Å². The number of hydrogen-bond donors (Lipinski definition) is 2. The Hall–Kier alpha value is -1.42. The lowest BCUT2D eigenvalue weighted by Crippen LogP contribution is -2.36. The van der Waals surface area contributed by atoms with Crippen molar-refractivity contribution in [2.45, 2.75) is 18.9 Å². The zero-order chi connectivity index (χ0) is 11.5. The van der Waals surface area contributed by atoms with E-state index in [1.165, 1.54) is 0 Å². The van der Waals surface area contributed by atoms with Gasteiger partial charge in [0.2, 0.25) is 0 Å². The predicted octanol–water partition coefficient (Wildman–Crippen LogP) is 1.47. The van der Waals surface area contributed by atoms with E-state index in [0.717, 1.165) is 31.6 Å². The largest absolute Gasteiger partial charge is 0.397 e. The molecule has 1 aromatic rings. The zero-order valence-electron chi connectivity index (χ0n) is 9.65. The molecule has 2 rings (SSSR count). The quantitative estimate of drug-likeness (QED) is 0.742. The van der Waals surface area contributed by atoms with Gasteiger partial charge in [0.05, 0.1) is 17.5 Å². The van der Waals surface area contributed by atoms with E-state index in [1.54, 1.807) is 7.11 Å². The molecular formula is C12H19N3O. The van der Waals surface area contributed by atoms with Crippen molar-refractivity contribution in [3.63, 3.8) is 0 Å². The number of hydrogen-bond acceptors (Lipinski definition) is 4. The summed E-state index contributed by atoms with van der Waals surface area (Å²) in [6, 6.07) is 5.84. The lowest BCUT2D eigenvalue weighted by Gasteiger charge is -2.33. The van der Waals surface area contributed by atoms with Gasteiger partial charge in [-0.2, -0.15) is 0 Å². The second-order valence-electron chi connectivity index (χ2n) is 4.24. The standard InChI is InChI=1S/C12H19N3O/c1-16-10-4-6-15(7-5-10)9-2-3-11(13)12(14)8-9/h2-3,8,10H,4-7,13-14H2,1H3. The molecule has 0 aromatic heterocycles. The Kier molecular flexibility index (Phi) is 3.19. The number of rotatable bonds is 2. The highest BCUT2D eigenvalue weighted by Crippen LogP contribution is 2.26. The minimum atomic E-state index is 0.405. The van der Waals surface area contributed by atoms with E-state index in [1.807, 2.05) is 18.2 Å². The third-order valence-corrected chi connectivity index (χ3v) is 3.21. The number of benzene rings is 1. The smallest absolute Gasteiger partial charge is 0.0605 e. The molecule has 1 aromatic carbocycles. The molecule has 0 bridgehead atoms. The molecular weight excluding hydrogens is 202 g/mol. The van der Waals surface area contributed by atoms with Gasteiger partial charge in [0.25, 0.3) is 0 Å². The maximum Gasteiger partial charge on any atom is 0.0605 e. The van der Waals surface area contributed by atoms with Crippen molar-refractivity contribution in [3.05, 3.63) is 18.2 Å². The van der Waals surface area contributed by atoms with Crippen LogP contribution in [0.2, 0.25) is 0 Å². The average Bonchev–Trinajstić information content (AvgIpc) is 2.33. The molecule has 0 saturated carbocycles. The third-order valence-electron chi connectivity index (χ3n) is 3.21. The summed E-state index contributed by atoms with van der Waals surface area (Å²) in [6.07, 6.45) is 2.55. The molecule has 1 heterocycles. The predicted molar refractivity (Wildman–Crippen MR) is 67.5 cm³/mol. The van der Waals surface area contributed by atoms with Crippen LogP contribution in [0.4, 0.5) is 17.1 Å². The molecule has 0 amide bonds. The minimum absolute atomic E-state index is 0.405.